The number of nitrogens with two attached hydrogens (primary N) is 1. The molecular weight excluding hydrogens is 252 g/mol. The summed E-state index contributed by atoms with van der Waals surface area (Å²) in [6.07, 6.45) is 0.677. The van der Waals surface area contributed by atoms with Crippen LogP contribution < -0.4 is 5.73 Å². The molecule has 5 nitrogen and oxygen atoms in total. The van der Waals surface area contributed by atoms with Gasteiger partial charge in [-0.15, -0.1) is 5.10 Å². The number of hydrogen-bond donors (Lipinski definition) is 2. The highest BCUT2D eigenvalue weighted by Crippen LogP contribution is 2.27. The van der Waals surface area contributed by atoms with Gasteiger partial charge in [-0.3, -0.25) is 0 Å². The van der Waals surface area contributed by atoms with Gasteiger partial charge in [0.1, 0.15) is 6.10 Å². The van der Waals surface area contributed by atoms with E-state index in [1.54, 1.807) is 23.0 Å². The number of hydrogen-bond acceptors (Lipinski definition) is 4. The van der Waals surface area contributed by atoms with E-state index in [4.69, 9.17) is 5.73 Å². The van der Waals surface area contributed by atoms with Crippen LogP contribution in [0.4, 0.5) is 5.69 Å². The lowest BCUT2D eigenvalue weighted by atomic mass is 10.0. The van der Waals surface area contributed by atoms with Crippen molar-refractivity contribution in [2.24, 2.45) is 0 Å². The van der Waals surface area contributed by atoms with Crippen LogP contribution in [-0.2, 0) is 0 Å². The minimum atomic E-state index is -0.869. The molecule has 1 aromatic heterocycles. The van der Waals surface area contributed by atoms with Crippen LogP contribution in [0.25, 0.3) is 5.69 Å². The lowest BCUT2D eigenvalue weighted by molar-refractivity contribution is 0.212. The lowest BCUT2D eigenvalue weighted by Crippen LogP contribution is -2.10. The van der Waals surface area contributed by atoms with E-state index in [9.17, 15) is 5.11 Å². The number of nitrogen functional groups attached to an aromatic ring is 1. The molecule has 0 saturated carbocycles. The number of nitrogens with zero attached hydrogens (tertiary/aromatic N) is 3. The van der Waals surface area contributed by atoms with Gasteiger partial charge in [0, 0.05) is 11.3 Å². The third kappa shape index (κ3) is 2.15. The molecule has 1 atom stereocenters. The van der Waals surface area contributed by atoms with Crippen molar-refractivity contribution in [2.75, 3.05) is 5.73 Å². The maximum absolute atomic E-state index is 10.5. The summed E-state index contributed by atoms with van der Waals surface area (Å²) in [6, 6.07) is 16.8. The Kier molecular flexibility index (Phi) is 3.18. The number of anilines is 1. The Morgan fingerprint density at radius 3 is 2.45 bits per heavy atom. The fourth-order valence-corrected chi connectivity index (χ4v) is 2.12. The van der Waals surface area contributed by atoms with Gasteiger partial charge >= 0.3 is 0 Å². The standard InChI is InChI=1S/C15H14N4O/c16-13-9-5-4-8-12(13)15(20)14-10-17-18-19(14)11-6-2-1-3-7-11/h1-10,15,20H,16H2. The molecule has 0 fully saturated rings. The molecule has 3 N–H and O–H groups in total. The number of benzene rings is 2. The van der Waals surface area contributed by atoms with Crippen molar-refractivity contribution in [3.05, 3.63) is 72.1 Å². The smallest absolute Gasteiger partial charge is 0.125 e. The van der Waals surface area contributed by atoms with E-state index in [1.807, 2.05) is 42.5 Å². The number of rotatable bonds is 3. The molecule has 0 aliphatic carbocycles. The average molecular weight is 266 g/mol. The Balaban J connectivity index is 2.04. The monoisotopic (exact) mass is 266 g/mol. The van der Waals surface area contributed by atoms with Gasteiger partial charge in [-0.2, -0.15) is 0 Å². The van der Waals surface area contributed by atoms with Crippen molar-refractivity contribution >= 4 is 5.69 Å². The van der Waals surface area contributed by atoms with Crippen LogP contribution in [0.2, 0.25) is 0 Å². The highest BCUT2D eigenvalue weighted by molar-refractivity contribution is 5.50. The summed E-state index contributed by atoms with van der Waals surface area (Å²) >= 11 is 0. The molecule has 0 spiro atoms. The number of para-hydroxylation sites is 2. The van der Waals surface area contributed by atoms with Crippen molar-refractivity contribution in [1.82, 2.24) is 15.0 Å². The minimum absolute atomic E-state index is 0.542. The molecule has 0 radical (unpaired) electrons. The van der Waals surface area contributed by atoms with E-state index < -0.39 is 6.10 Å². The number of aliphatic hydroxyl groups excluding tert-OH is 1. The van der Waals surface area contributed by atoms with Crippen LogP contribution in [0.3, 0.4) is 0 Å². The molecule has 1 heterocycles. The molecule has 0 bridgehead atoms. The summed E-state index contributed by atoms with van der Waals surface area (Å²) in [5.74, 6) is 0. The molecule has 1 unspecified atom stereocenters. The average Bonchev–Trinajstić information content (AvgIpc) is 2.97. The molecule has 3 aromatic rings. The summed E-state index contributed by atoms with van der Waals surface area (Å²) < 4.78 is 1.61. The largest absolute Gasteiger partial charge is 0.398 e. The van der Waals surface area contributed by atoms with Gasteiger partial charge < -0.3 is 10.8 Å². The van der Waals surface area contributed by atoms with E-state index in [0.29, 0.717) is 16.9 Å². The second kappa shape index (κ2) is 5.14. The zero-order valence-corrected chi connectivity index (χ0v) is 10.7. The van der Waals surface area contributed by atoms with Crippen LogP contribution >= 0.6 is 0 Å². The Labute approximate surface area is 116 Å². The third-order valence-electron chi connectivity index (χ3n) is 3.15. The summed E-state index contributed by atoms with van der Waals surface area (Å²) in [5, 5.41) is 18.4. The molecule has 0 aliphatic heterocycles. The molecule has 20 heavy (non-hydrogen) atoms. The van der Waals surface area contributed by atoms with E-state index in [-0.39, 0.29) is 0 Å². The van der Waals surface area contributed by atoms with Gasteiger partial charge in [-0.25, -0.2) is 4.68 Å². The summed E-state index contributed by atoms with van der Waals surface area (Å²) in [6.45, 7) is 0. The van der Waals surface area contributed by atoms with E-state index >= 15 is 0 Å². The van der Waals surface area contributed by atoms with Gasteiger partial charge in [-0.1, -0.05) is 41.6 Å². The molecule has 0 aliphatic rings. The number of aromatic nitrogens is 3. The molecule has 100 valence electrons. The van der Waals surface area contributed by atoms with Crippen LogP contribution in [0.5, 0.6) is 0 Å². The zero-order chi connectivity index (χ0) is 13.9. The number of aliphatic hydroxyl groups is 1. The summed E-state index contributed by atoms with van der Waals surface area (Å²) in [5.41, 5.74) is 8.51. The third-order valence-corrected chi connectivity index (χ3v) is 3.15. The van der Waals surface area contributed by atoms with Crippen molar-refractivity contribution in [3.8, 4) is 5.69 Å². The highest BCUT2D eigenvalue weighted by Gasteiger charge is 2.19. The SMILES string of the molecule is Nc1ccccc1C(O)c1cnnn1-c1ccccc1. The van der Waals surface area contributed by atoms with Crippen molar-refractivity contribution in [1.29, 1.82) is 0 Å². The predicted molar refractivity (Wildman–Crippen MR) is 76.3 cm³/mol. The maximum Gasteiger partial charge on any atom is 0.125 e. The van der Waals surface area contributed by atoms with E-state index in [0.717, 1.165) is 5.69 Å². The van der Waals surface area contributed by atoms with Gasteiger partial charge in [0.25, 0.3) is 0 Å². The van der Waals surface area contributed by atoms with Gasteiger partial charge in [0.15, 0.2) is 0 Å². The molecule has 0 saturated heterocycles. The Morgan fingerprint density at radius 2 is 1.70 bits per heavy atom. The molecule has 5 heteroatoms. The van der Waals surface area contributed by atoms with E-state index in [1.165, 1.54) is 0 Å². The zero-order valence-electron chi connectivity index (χ0n) is 10.7. The molecule has 2 aromatic carbocycles. The first-order valence-corrected chi connectivity index (χ1v) is 6.26. The van der Waals surface area contributed by atoms with Crippen LogP contribution in [0, 0.1) is 0 Å². The second-order valence-electron chi connectivity index (χ2n) is 4.44. The summed E-state index contributed by atoms with van der Waals surface area (Å²) in [7, 11) is 0. The lowest BCUT2D eigenvalue weighted by Gasteiger charge is -2.14. The second-order valence-corrected chi connectivity index (χ2v) is 4.44. The molecular formula is C15H14N4O. The first-order chi connectivity index (χ1) is 9.77. The van der Waals surface area contributed by atoms with Crippen molar-refractivity contribution in [2.45, 2.75) is 6.10 Å². The van der Waals surface area contributed by atoms with Gasteiger partial charge in [-0.05, 0) is 18.2 Å². The summed E-state index contributed by atoms with van der Waals surface area (Å²) in [4.78, 5) is 0. The van der Waals surface area contributed by atoms with Crippen molar-refractivity contribution < 1.29 is 5.11 Å². The molecule has 0 amide bonds. The topological polar surface area (TPSA) is 77.0 Å². The van der Waals surface area contributed by atoms with Crippen LogP contribution in [-0.4, -0.2) is 20.1 Å². The first-order valence-electron chi connectivity index (χ1n) is 6.26. The predicted octanol–water partition coefficient (Wildman–Crippen LogP) is 1.93. The van der Waals surface area contributed by atoms with Gasteiger partial charge in [0.2, 0.25) is 0 Å². The quantitative estimate of drug-likeness (QED) is 0.710. The first kappa shape index (κ1) is 12.4. The molecule has 3 rings (SSSR count). The van der Waals surface area contributed by atoms with Crippen molar-refractivity contribution in [3.63, 3.8) is 0 Å². The fraction of sp³-hybridized carbons (Fsp3) is 0.0667. The minimum Gasteiger partial charge on any atom is -0.398 e. The Bertz CT molecular complexity index is 709. The normalized spacial score (nSPS) is 12.2. The Morgan fingerprint density at radius 1 is 1.00 bits per heavy atom. The van der Waals surface area contributed by atoms with Crippen LogP contribution in [0.15, 0.2) is 60.8 Å². The van der Waals surface area contributed by atoms with Crippen LogP contribution in [0.1, 0.15) is 17.4 Å². The maximum atomic E-state index is 10.5. The Hall–Kier alpha value is -2.66. The van der Waals surface area contributed by atoms with Gasteiger partial charge in [0.05, 0.1) is 17.6 Å². The highest BCUT2D eigenvalue weighted by atomic mass is 16.3. The van der Waals surface area contributed by atoms with E-state index in [2.05, 4.69) is 10.3 Å². The fourth-order valence-electron chi connectivity index (χ4n) is 2.12.